The van der Waals surface area contributed by atoms with Crippen LogP contribution in [0.2, 0.25) is 5.02 Å². The van der Waals surface area contributed by atoms with Gasteiger partial charge in [-0.25, -0.2) is 0 Å². The fraction of sp³-hybridized carbons (Fsp3) is 0.438. The van der Waals surface area contributed by atoms with E-state index in [4.69, 9.17) is 16.3 Å². The van der Waals surface area contributed by atoms with Crippen molar-refractivity contribution >= 4 is 45.7 Å². The van der Waals surface area contributed by atoms with Gasteiger partial charge in [-0.15, -0.1) is 10.2 Å². The van der Waals surface area contributed by atoms with Gasteiger partial charge in [-0.05, 0) is 43.5 Å². The molecule has 1 aromatic carbocycles. The van der Waals surface area contributed by atoms with Crippen LogP contribution in [0.1, 0.15) is 26.2 Å². The molecule has 1 aromatic heterocycles. The van der Waals surface area contributed by atoms with Crippen LogP contribution in [0, 0.1) is 0 Å². The monoisotopic (exact) mass is 383 g/mol. The molecule has 0 aliphatic heterocycles. The van der Waals surface area contributed by atoms with Crippen LogP contribution in [0.15, 0.2) is 28.6 Å². The Labute approximate surface area is 154 Å². The first-order chi connectivity index (χ1) is 11.6. The minimum atomic E-state index is 0.0431. The summed E-state index contributed by atoms with van der Waals surface area (Å²) in [7, 11) is 0. The number of thioether (sulfide) groups is 1. The molecule has 1 fully saturated rings. The van der Waals surface area contributed by atoms with E-state index in [2.05, 4.69) is 10.2 Å². The number of benzene rings is 1. The molecule has 5 nitrogen and oxygen atoms in total. The Morgan fingerprint density at radius 3 is 2.79 bits per heavy atom. The summed E-state index contributed by atoms with van der Waals surface area (Å²) in [6, 6.07) is 7.67. The number of hydrogen-bond donors (Lipinski definition) is 0. The number of amides is 1. The molecule has 24 heavy (non-hydrogen) atoms. The summed E-state index contributed by atoms with van der Waals surface area (Å²) in [6.45, 7) is 2.22. The van der Waals surface area contributed by atoms with Crippen molar-refractivity contribution in [2.24, 2.45) is 0 Å². The number of halogens is 1. The molecule has 1 amide bonds. The standard InChI is InChI=1S/C16H18ClN3O2S2/c1-11(21)20(13-5-6-13)15-18-19-16(24-15)23-10-2-9-22-14-7-3-12(17)4-8-14/h3-4,7-8,13H,2,5-6,9-10H2,1H3. The molecule has 1 aliphatic carbocycles. The fourth-order valence-corrected chi connectivity index (χ4v) is 4.24. The van der Waals surface area contributed by atoms with Gasteiger partial charge >= 0.3 is 0 Å². The van der Waals surface area contributed by atoms with E-state index in [0.717, 1.165) is 35.1 Å². The lowest BCUT2D eigenvalue weighted by atomic mass is 10.3. The summed E-state index contributed by atoms with van der Waals surface area (Å²) in [5, 5.41) is 9.76. The molecule has 1 heterocycles. The highest BCUT2D eigenvalue weighted by molar-refractivity contribution is 8.01. The molecule has 0 saturated heterocycles. The molecule has 0 unspecified atom stereocenters. The topological polar surface area (TPSA) is 55.3 Å². The SMILES string of the molecule is CC(=O)N(c1nnc(SCCCOc2ccc(Cl)cc2)s1)C1CC1. The molecular weight excluding hydrogens is 366 g/mol. The normalized spacial score (nSPS) is 13.8. The maximum absolute atomic E-state index is 11.7. The highest BCUT2D eigenvalue weighted by Crippen LogP contribution is 2.35. The van der Waals surface area contributed by atoms with Crippen molar-refractivity contribution in [3.8, 4) is 5.75 Å². The Morgan fingerprint density at radius 1 is 1.38 bits per heavy atom. The van der Waals surface area contributed by atoms with Crippen LogP contribution in [0.4, 0.5) is 5.13 Å². The van der Waals surface area contributed by atoms with Gasteiger partial charge in [0, 0.05) is 23.7 Å². The largest absolute Gasteiger partial charge is 0.494 e. The lowest BCUT2D eigenvalue weighted by Gasteiger charge is -2.15. The number of aromatic nitrogens is 2. The highest BCUT2D eigenvalue weighted by atomic mass is 35.5. The van der Waals surface area contributed by atoms with Crippen molar-refractivity contribution in [2.45, 2.75) is 36.6 Å². The van der Waals surface area contributed by atoms with Gasteiger partial charge in [0.25, 0.3) is 0 Å². The molecular formula is C16H18ClN3O2S2. The van der Waals surface area contributed by atoms with Crippen molar-refractivity contribution in [1.29, 1.82) is 0 Å². The summed E-state index contributed by atoms with van der Waals surface area (Å²) >= 11 is 8.97. The zero-order chi connectivity index (χ0) is 16.9. The lowest BCUT2D eigenvalue weighted by Crippen LogP contribution is -2.30. The quantitative estimate of drug-likeness (QED) is 0.387. The maximum atomic E-state index is 11.7. The number of anilines is 1. The number of carbonyl (C=O) groups is 1. The van der Waals surface area contributed by atoms with Gasteiger partial charge in [0.15, 0.2) is 4.34 Å². The summed E-state index contributed by atoms with van der Waals surface area (Å²) in [5.41, 5.74) is 0. The van der Waals surface area contributed by atoms with Crippen LogP contribution in [0.3, 0.4) is 0 Å². The van der Waals surface area contributed by atoms with Gasteiger partial charge in [-0.2, -0.15) is 0 Å². The van der Waals surface area contributed by atoms with Crippen molar-refractivity contribution in [3.05, 3.63) is 29.3 Å². The lowest BCUT2D eigenvalue weighted by molar-refractivity contribution is -0.116. The molecule has 8 heteroatoms. The van der Waals surface area contributed by atoms with Gasteiger partial charge < -0.3 is 4.74 Å². The van der Waals surface area contributed by atoms with E-state index in [9.17, 15) is 4.79 Å². The first-order valence-corrected chi connectivity index (χ1v) is 9.96. The predicted octanol–water partition coefficient (Wildman–Crippen LogP) is 4.27. The predicted molar refractivity (Wildman–Crippen MR) is 98.4 cm³/mol. The van der Waals surface area contributed by atoms with E-state index < -0.39 is 0 Å². The van der Waals surface area contributed by atoms with Crippen LogP contribution in [-0.2, 0) is 4.79 Å². The Morgan fingerprint density at radius 2 is 2.12 bits per heavy atom. The summed E-state index contributed by atoms with van der Waals surface area (Å²) in [6.07, 6.45) is 3.02. The summed E-state index contributed by atoms with van der Waals surface area (Å²) in [4.78, 5) is 13.5. The molecule has 0 bridgehead atoms. The van der Waals surface area contributed by atoms with Crippen LogP contribution in [0.5, 0.6) is 5.75 Å². The third-order valence-corrected chi connectivity index (χ3v) is 5.84. The molecule has 128 valence electrons. The van der Waals surface area contributed by atoms with Gasteiger partial charge in [0.1, 0.15) is 5.75 Å². The Kier molecular flexibility index (Phi) is 5.97. The van der Waals surface area contributed by atoms with E-state index in [1.807, 2.05) is 24.3 Å². The molecule has 3 rings (SSSR count). The van der Waals surface area contributed by atoms with E-state index >= 15 is 0 Å². The molecule has 2 aromatic rings. The third-order valence-electron chi connectivity index (χ3n) is 3.45. The number of rotatable bonds is 8. The average Bonchev–Trinajstić information content (AvgIpc) is 3.27. The molecule has 1 aliphatic rings. The number of carbonyl (C=O) groups excluding carboxylic acids is 1. The van der Waals surface area contributed by atoms with Crippen molar-refractivity contribution in [2.75, 3.05) is 17.3 Å². The van der Waals surface area contributed by atoms with E-state index in [-0.39, 0.29) is 5.91 Å². The summed E-state index contributed by atoms with van der Waals surface area (Å²) in [5.74, 6) is 1.76. The number of ether oxygens (including phenoxy) is 1. The number of nitrogens with zero attached hydrogens (tertiary/aromatic N) is 3. The van der Waals surface area contributed by atoms with E-state index in [0.29, 0.717) is 22.8 Å². The first kappa shape index (κ1) is 17.5. The van der Waals surface area contributed by atoms with Crippen LogP contribution in [0.25, 0.3) is 0 Å². The Bertz CT molecular complexity index is 689. The fourth-order valence-electron chi connectivity index (χ4n) is 2.18. The van der Waals surface area contributed by atoms with Crippen LogP contribution in [-0.4, -0.2) is 34.5 Å². The van der Waals surface area contributed by atoms with Crippen molar-refractivity contribution in [3.63, 3.8) is 0 Å². The van der Waals surface area contributed by atoms with Gasteiger partial charge in [-0.1, -0.05) is 34.7 Å². The second kappa shape index (κ2) is 8.18. The first-order valence-electron chi connectivity index (χ1n) is 7.78. The van der Waals surface area contributed by atoms with E-state index in [1.165, 1.54) is 11.3 Å². The van der Waals surface area contributed by atoms with Gasteiger partial charge in [-0.3, -0.25) is 9.69 Å². The maximum Gasteiger partial charge on any atom is 0.225 e. The average molecular weight is 384 g/mol. The third kappa shape index (κ3) is 4.84. The molecule has 1 saturated carbocycles. The second-order valence-electron chi connectivity index (χ2n) is 5.48. The van der Waals surface area contributed by atoms with Gasteiger partial charge in [0.2, 0.25) is 11.0 Å². The molecule has 0 radical (unpaired) electrons. The zero-order valence-electron chi connectivity index (χ0n) is 13.3. The second-order valence-corrected chi connectivity index (χ2v) is 8.21. The van der Waals surface area contributed by atoms with E-state index in [1.54, 1.807) is 23.6 Å². The van der Waals surface area contributed by atoms with Crippen LogP contribution < -0.4 is 9.64 Å². The molecule has 0 N–H and O–H groups in total. The minimum Gasteiger partial charge on any atom is -0.494 e. The number of hydrogen-bond acceptors (Lipinski definition) is 6. The van der Waals surface area contributed by atoms with Crippen molar-refractivity contribution in [1.82, 2.24) is 10.2 Å². The zero-order valence-corrected chi connectivity index (χ0v) is 15.7. The molecule has 0 spiro atoms. The highest BCUT2D eigenvalue weighted by Gasteiger charge is 2.34. The van der Waals surface area contributed by atoms with Gasteiger partial charge in [0.05, 0.1) is 6.61 Å². The Balaban J connectivity index is 1.41. The Hall–Kier alpha value is -1.31. The van der Waals surface area contributed by atoms with Crippen LogP contribution >= 0.6 is 34.7 Å². The minimum absolute atomic E-state index is 0.0431. The molecule has 0 atom stereocenters. The smallest absolute Gasteiger partial charge is 0.225 e. The van der Waals surface area contributed by atoms with Crippen molar-refractivity contribution < 1.29 is 9.53 Å². The summed E-state index contributed by atoms with van der Waals surface area (Å²) < 4.78 is 6.55.